The lowest BCUT2D eigenvalue weighted by Crippen LogP contribution is -2.41. The fraction of sp³-hybridized carbons (Fsp3) is 0.350. The highest BCUT2D eigenvalue weighted by atomic mass is 35.5. The fourth-order valence-corrected chi connectivity index (χ4v) is 2.57. The molecule has 0 saturated heterocycles. The SMILES string of the molecule is COc1ccc(CCC(C)NC(=O)C(C)Oc2ccccc2Cl)cc1. The highest BCUT2D eigenvalue weighted by Gasteiger charge is 2.17. The van der Waals surface area contributed by atoms with E-state index in [1.54, 1.807) is 26.2 Å². The zero-order valence-corrected chi connectivity index (χ0v) is 15.5. The van der Waals surface area contributed by atoms with Crippen LogP contribution in [0, 0.1) is 0 Å². The zero-order valence-electron chi connectivity index (χ0n) is 14.8. The van der Waals surface area contributed by atoms with Crippen molar-refractivity contribution in [2.75, 3.05) is 7.11 Å². The van der Waals surface area contributed by atoms with Crippen LogP contribution in [0.3, 0.4) is 0 Å². The summed E-state index contributed by atoms with van der Waals surface area (Å²) >= 11 is 6.05. The highest BCUT2D eigenvalue weighted by Crippen LogP contribution is 2.24. The minimum Gasteiger partial charge on any atom is -0.497 e. The van der Waals surface area contributed by atoms with E-state index in [4.69, 9.17) is 21.1 Å². The van der Waals surface area contributed by atoms with Gasteiger partial charge in [0.1, 0.15) is 11.5 Å². The van der Waals surface area contributed by atoms with Crippen molar-refractivity contribution in [2.24, 2.45) is 0 Å². The van der Waals surface area contributed by atoms with Crippen molar-refractivity contribution >= 4 is 17.5 Å². The number of aryl methyl sites for hydroxylation is 1. The molecule has 0 radical (unpaired) electrons. The van der Waals surface area contributed by atoms with Crippen LogP contribution in [0.2, 0.25) is 5.02 Å². The molecule has 0 aliphatic rings. The van der Waals surface area contributed by atoms with Gasteiger partial charge in [-0.05, 0) is 56.5 Å². The normalized spacial score (nSPS) is 13.0. The van der Waals surface area contributed by atoms with Crippen molar-refractivity contribution in [3.05, 3.63) is 59.1 Å². The van der Waals surface area contributed by atoms with E-state index < -0.39 is 6.10 Å². The molecule has 2 aromatic rings. The molecule has 1 N–H and O–H groups in total. The van der Waals surface area contributed by atoms with Crippen molar-refractivity contribution < 1.29 is 14.3 Å². The first-order valence-electron chi connectivity index (χ1n) is 8.34. The van der Waals surface area contributed by atoms with E-state index in [0.717, 1.165) is 18.6 Å². The first-order chi connectivity index (χ1) is 12.0. The smallest absolute Gasteiger partial charge is 0.260 e. The average Bonchev–Trinajstić information content (AvgIpc) is 2.62. The summed E-state index contributed by atoms with van der Waals surface area (Å²) < 4.78 is 10.8. The molecule has 0 saturated carbocycles. The summed E-state index contributed by atoms with van der Waals surface area (Å²) in [7, 11) is 1.65. The molecule has 2 unspecified atom stereocenters. The predicted octanol–water partition coefficient (Wildman–Crippen LogP) is 4.25. The van der Waals surface area contributed by atoms with E-state index in [0.29, 0.717) is 10.8 Å². The molecular formula is C20H24ClNO3. The van der Waals surface area contributed by atoms with Gasteiger partial charge in [-0.2, -0.15) is 0 Å². The van der Waals surface area contributed by atoms with Gasteiger partial charge in [0.15, 0.2) is 6.10 Å². The first kappa shape index (κ1) is 19.1. The van der Waals surface area contributed by atoms with Crippen LogP contribution in [0.1, 0.15) is 25.8 Å². The number of hydrogen-bond acceptors (Lipinski definition) is 3. The van der Waals surface area contributed by atoms with Gasteiger partial charge in [-0.3, -0.25) is 4.79 Å². The van der Waals surface area contributed by atoms with Gasteiger partial charge >= 0.3 is 0 Å². The molecule has 134 valence electrons. The van der Waals surface area contributed by atoms with E-state index in [9.17, 15) is 4.79 Å². The lowest BCUT2D eigenvalue weighted by molar-refractivity contribution is -0.127. The minimum absolute atomic E-state index is 0.0481. The Balaban J connectivity index is 1.79. The third kappa shape index (κ3) is 5.98. The first-order valence-corrected chi connectivity index (χ1v) is 8.72. The predicted molar refractivity (Wildman–Crippen MR) is 100 cm³/mol. The van der Waals surface area contributed by atoms with Crippen LogP contribution < -0.4 is 14.8 Å². The number of benzene rings is 2. The summed E-state index contributed by atoms with van der Waals surface area (Å²) in [5.41, 5.74) is 1.21. The fourth-order valence-electron chi connectivity index (χ4n) is 2.39. The molecule has 0 aliphatic heterocycles. The number of nitrogens with one attached hydrogen (secondary N) is 1. The molecule has 0 aromatic heterocycles. The molecule has 0 bridgehead atoms. The van der Waals surface area contributed by atoms with Crippen molar-refractivity contribution in [1.29, 1.82) is 0 Å². The molecule has 5 heteroatoms. The third-order valence-corrected chi connectivity index (χ3v) is 4.24. The molecule has 1 amide bonds. The maximum Gasteiger partial charge on any atom is 0.260 e. The van der Waals surface area contributed by atoms with Crippen molar-refractivity contribution in [2.45, 2.75) is 38.8 Å². The molecule has 4 nitrogen and oxygen atoms in total. The molecule has 2 atom stereocenters. The second-order valence-electron chi connectivity index (χ2n) is 5.99. The number of methoxy groups -OCH3 is 1. The van der Waals surface area contributed by atoms with Crippen LogP contribution in [-0.4, -0.2) is 25.2 Å². The molecule has 0 aliphatic carbocycles. The maximum absolute atomic E-state index is 12.3. The number of amides is 1. The lowest BCUT2D eigenvalue weighted by Gasteiger charge is -2.19. The van der Waals surface area contributed by atoms with E-state index in [2.05, 4.69) is 5.32 Å². The van der Waals surface area contributed by atoms with E-state index in [-0.39, 0.29) is 11.9 Å². The molecule has 0 heterocycles. The van der Waals surface area contributed by atoms with Crippen molar-refractivity contribution in [1.82, 2.24) is 5.32 Å². The summed E-state index contributed by atoms with van der Waals surface area (Å²) in [6.07, 6.45) is 1.12. The van der Waals surface area contributed by atoms with E-state index in [1.807, 2.05) is 43.3 Å². The van der Waals surface area contributed by atoms with Crippen LogP contribution in [0.15, 0.2) is 48.5 Å². The van der Waals surface area contributed by atoms with Gasteiger partial charge in [-0.1, -0.05) is 35.9 Å². The van der Waals surface area contributed by atoms with E-state index in [1.165, 1.54) is 5.56 Å². The van der Waals surface area contributed by atoms with Crippen LogP contribution in [0.5, 0.6) is 11.5 Å². The van der Waals surface area contributed by atoms with Gasteiger partial charge in [0, 0.05) is 6.04 Å². The van der Waals surface area contributed by atoms with Gasteiger partial charge in [-0.25, -0.2) is 0 Å². The number of halogens is 1. The number of carbonyl (C=O) groups excluding carboxylic acids is 1. The summed E-state index contributed by atoms with van der Waals surface area (Å²) in [6.45, 7) is 3.71. The number of ether oxygens (including phenoxy) is 2. The Morgan fingerprint density at radius 2 is 1.80 bits per heavy atom. The number of rotatable bonds is 8. The van der Waals surface area contributed by atoms with Crippen molar-refractivity contribution in [3.8, 4) is 11.5 Å². The molecular weight excluding hydrogens is 338 g/mol. The molecule has 2 rings (SSSR count). The summed E-state index contributed by atoms with van der Waals surface area (Å²) in [5.74, 6) is 1.20. The third-order valence-electron chi connectivity index (χ3n) is 3.92. The number of carbonyl (C=O) groups is 1. The Morgan fingerprint density at radius 3 is 2.44 bits per heavy atom. The Kier molecular flexibility index (Phi) is 7.14. The van der Waals surface area contributed by atoms with Gasteiger partial charge in [0.25, 0.3) is 5.91 Å². The number of hydrogen-bond donors (Lipinski definition) is 1. The molecule has 0 fully saturated rings. The Morgan fingerprint density at radius 1 is 1.12 bits per heavy atom. The molecule has 0 spiro atoms. The monoisotopic (exact) mass is 361 g/mol. The quantitative estimate of drug-likeness (QED) is 0.764. The Labute approximate surface area is 154 Å². The summed E-state index contributed by atoms with van der Waals surface area (Å²) in [5, 5.41) is 3.48. The second-order valence-corrected chi connectivity index (χ2v) is 6.39. The topological polar surface area (TPSA) is 47.6 Å². The van der Waals surface area contributed by atoms with E-state index >= 15 is 0 Å². The van der Waals surface area contributed by atoms with Crippen LogP contribution in [0.25, 0.3) is 0 Å². The Hall–Kier alpha value is -2.20. The van der Waals surface area contributed by atoms with Crippen LogP contribution in [0.4, 0.5) is 0 Å². The van der Waals surface area contributed by atoms with Crippen LogP contribution >= 0.6 is 11.6 Å². The lowest BCUT2D eigenvalue weighted by atomic mass is 10.1. The maximum atomic E-state index is 12.3. The summed E-state index contributed by atoms with van der Waals surface area (Å²) in [6, 6.07) is 15.1. The van der Waals surface area contributed by atoms with Crippen molar-refractivity contribution in [3.63, 3.8) is 0 Å². The average molecular weight is 362 g/mol. The highest BCUT2D eigenvalue weighted by molar-refractivity contribution is 6.32. The number of para-hydroxylation sites is 1. The van der Waals surface area contributed by atoms with Gasteiger partial charge < -0.3 is 14.8 Å². The van der Waals surface area contributed by atoms with Gasteiger partial charge in [-0.15, -0.1) is 0 Å². The minimum atomic E-state index is -0.608. The summed E-state index contributed by atoms with van der Waals surface area (Å²) in [4.78, 5) is 12.3. The van der Waals surface area contributed by atoms with Gasteiger partial charge in [0.05, 0.1) is 12.1 Å². The van der Waals surface area contributed by atoms with Gasteiger partial charge in [0.2, 0.25) is 0 Å². The largest absolute Gasteiger partial charge is 0.497 e. The Bertz CT molecular complexity index is 688. The molecule has 25 heavy (non-hydrogen) atoms. The molecule has 2 aromatic carbocycles. The van der Waals surface area contributed by atoms with Crippen LogP contribution in [-0.2, 0) is 11.2 Å². The standard InChI is InChI=1S/C20H24ClNO3/c1-14(8-9-16-10-12-17(24-3)13-11-16)22-20(23)15(2)25-19-7-5-4-6-18(19)21/h4-7,10-15H,8-9H2,1-3H3,(H,22,23). The second kappa shape index (κ2) is 9.33. The zero-order chi connectivity index (χ0) is 18.2.